The van der Waals surface area contributed by atoms with Crippen molar-refractivity contribution in [1.29, 1.82) is 0 Å². The molecule has 21 heavy (non-hydrogen) atoms. The second-order valence-corrected chi connectivity index (χ2v) is 4.51. The number of methoxy groups -OCH3 is 1. The number of benzene rings is 1. The molecule has 2 N–H and O–H groups in total. The average molecular weight is 282 g/mol. The number of aromatic nitrogens is 3. The maximum Gasteiger partial charge on any atom is 0.250 e. The quantitative estimate of drug-likeness (QED) is 0.769. The van der Waals surface area contributed by atoms with Gasteiger partial charge in [0.1, 0.15) is 12.3 Å². The number of H-pyrrole nitrogens is 1. The molecule has 0 unspecified atom stereocenters. The zero-order valence-corrected chi connectivity index (χ0v) is 11.5. The minimum atomic E-state index is -0.193. The number of imidazole rings is 1. The molecule has 0 saturated heterocycles. The highest BCUT2D eigenvalue weighted by molar-refractivity contribution is 5.94. The maximum absolute atomic E-state index is 11.5. The molecule has 3 aromatic rings. The summed E-state index contributed by atoms with van der Waals surface area (Å²) in [6.45, 7) is 0.0280. The van der Waals surface area contributed by atoms with Gasteiger partial charge in [0.05, 0.1) is 11.0 Å². The fourth-order valence-electron chi connectivity index (χ4n) is 2.04. The molecule has 0 bridgehead atoms. The van der Waals surface area contributed by atoms with Gasteiger partial charge in [-0.1, -0.05) is 6.07 Å². The van der Waals surface area contributed by atoms with Crippen molar-refractivity contribution in [2.24, 2.45) is 0 Å². The van der Waals surface area contributed by atoms with Crippen molar-refractivity contribution >= 4 is 22.6 Å². The molecule has 6 nitrogen and oxygen atoms in total. The Morgan fingerprint density at radius 1 is 1.33 bits per heavy atom. The van der Waals surface area contributed by atoms with Crippen molar-refractivity contribution < 1.29 is 9.53 Å². The molecule has 0 radical (unpaired) electrons. The summed E-state index contributed by atoms with van der Waals surface area (Å²) in [6, 6.07) is 11.1. The number of nitrogens with one attached hydrogen (secondary N) is 2. The lowest BCUT2D eigenvalue weighted by Crippen LogP contribution is -2.16. The zero-order chi connectivity index (χ0) is 14.7. The van der Waals surface area contributed by atoms with E-state index in [1.807, 2.05) is 30.3 Å². The van der Waals surface area contributed by atoms with E-state index < -0.39 is 0 Å². The van der Waals surface area contributed by atoms with Crippen LogP contribution >= 0.6 is 0 Å². The van der Waals surface area contributed by atoms with Crippen LogP contribution in [0.1, 0.15) is 0 Å². The van der Waals surface area contributed by atoms with E-state index in [0.29, 0.717) is 11.5 Å². The number of fused-ring (bicyclic) bond motifs is 1. The molecule has 1 aromatic carbocycles. The van der Waals surface area contributed by atoms with Gasteiger partial charge >= 0.3 is 0 Å². The lowest BCUT2D eigenvalue weighted by atomic mass is 10.3. The van der Waals surface area contributed by atoms with Gasteiger partial charge in [-0.15, -0.1) is 0 Å². The monoisotopic (exact) mass is 282 g/mol. The van der Waals surface area contributed by atoms with Crippen LogP contribution in [0.3, 0.4) is 0 Å². The van der Waals surface area contributed by atoms with E-state index in [1.165, 1.54) is 7.11 Å². The fraction of sp³-hybridized carbons (Fsp3) is 0.133. The molecule has 1 amide bonds. The van der Waals surface area contributed by atoms with E-state index >= 15 is 0 Å². The molecule has 0 fully saturated rings. The first kappa shape index (κ1) is 13.3. The maximum atomic E-state index is 11.5. The first-order valence-electron chi connectivity index (χ1n) is 6.46. The topological polar surface area (TPSA) is 79.9 Å². The third-order valence-corrected chi connectivity index (χ3v) is 2.95. The number of ether oxygens (including phenoxy) is 1. The van der Waals surface area contributed by atoms with Crippen LogP contribution in [0, 0.1) is 0 Å². The van der Waals surface area contributed by atoms with Gasteiger partial charge in [-0.05, 0) is 30.3 Å². The Morgan fingerprint density at radius 2 is 2.24 bits per heavy atom. The molecule has 106 valence electrons. The number of aromatic amines is 1. The standard InChI is InChI=1S/C15H14N4O2/c1-21-9-14(20)17-10-5-6-11-13(8-10)19-15(18-11)12-4-2-3-7-16-12/h2-8H,9H2,1H3,(H,17,20)(H,18,19). The summed E-state index contributed by atoms with van der Waals surface area (Å²) in [5.74, 6) is 0.507. The molecule has 6 heteroatoms. The van der Waals surface area contributed by atoms with Crippen LogP contribution in [0.25, 0.3) is 22.6 Å². The highest BCUT2D eigenvalue weighted by Crippen LogP contribution is 2.21. The molecule has 2 heterocycles. The van der Waals surface area contributed by atoms with Crippen LogP contribution in [0.15, 0.2) is 42.6 Å². The summed E-state index contributed by atoms with van der Waals surface area (Å²) in [5.41, 5.74) is 3.13. The third kappa shape index (κ3) is 2.90. The molecule has 0 aliphatic heterocycles. The summed E-state index contributed by atoms with van der Waals surface area (Å²) in [4.78, 5) is 23.4. The summed E-state index contributed by atoms with van der Waals surface area (Å²) >= 11 is 0. The summed E-state index contributed by atoms with van der Waals surface area (Å²) in [5, 5.41) is 2.76. The molecule has 0 atom stereocenters. The molecule has 0 aliphatic carbocycles. The SMILES string of the molecule is COCC(=O)Nc1ccc2nc(-c3ccccn3)[nH]c2c1. The minimum absolute atomic E-state index is 0.0280. The van der Waals surface area contributed by atoms with Gasteiger partial charge < -0.3 is 15.0 Å². The van der Waals surface area contributed by atoms with E-state index in [0.717, 1.165) is 16.7 Å². The van der Waals surface area contributed by atoms with E-state index in [4.69, 9.17) is 4.74 Å². The summed E-state index contributed by atoms with van der Waals surface area (Å²) < 4.78 is 4.78. The van der Waals surface area contributed by atoms with Gasteiger partial charge in [-0.25, -0.2) is 4.98 Å². The van der Waals surface area contributed by atoms with Crippen LogP contribution in [0.2, 0.25) is 0 Å². The molecular formula is C15H14N4O2. The molecule has 0 aliphatic rings. The highest BCUT2D eigenvalue weighted by Gasteiger charge is 2.08. The molecule has 0 saturated carbocycles. The number of hydrogen-bond donors (Lipinski definition) is 2. The first-order chi connectivity index (χ1) is 10.3. The Labute approximate surface area is 121 Å². The second-order valence-electron chi connectivity index (χ2n) is 4.51. The highest BCUT2D eigenvalue weighted by atomic mass is 16.5. The normalized spacial score (nSPS) is 10.7. The van der Waals surface area contributed by atoms with Gasteiger partial charge in [0.15, 0.2) is 5.82 Å². The number of carbonyl (C=O) groups is 1. The Morgan fingerprint density at radius 3 is 3.00 bits per heavy atom. The molecule has 0 spiro atoms. The summed E-state index contributed by atoms with van der Waals surface area (Å²) in [6.07, 6.45) is 1.72. The van der Waals surface area contributed by atoms with Gasteiger partial charge in [0, 0.05) is 19.0 Å². The Kier molecular flexibility index (Phi) is 3.61. The minimum Gasteiger partial charge on any atom is -0.375 e. The van der Waals surface area contributed by atoms with Crippen molar-refractivity contribution in [1.82, 2.24) is 15.0 Å². The lowest BCUT2D eigenvalue weighted by molar-refractivity contribution is -0.119. The number of anilines is 1. The van der Waals surface area contributed by atoms with Gasteiger partial charge in [0.25, 0.3) is 0 Å². The van der Waals surface area contributed by atoms with E-state index in [1.54, 1.807) is 12.3 Å². The second kappa shape index (κ2) is 5.72. The first-order valence-corrected chi connectivity index (χ1v) is 6.46. The van der Waals surface area contributed by atoms with Crippen LogP contribution in [0.5, 0.6) is 0 Å². The average Bonchev–Trinajstić information content (AvgIpc) is 2.91. The van der Waals surface area contributed by atoms with Crippen molar-refractivity contribution in [3.63, 3.8) is 0 Å². The van der Waals surface area contributed by atoms with Gasteiger partial charge in [0.2, 0.25) is 5.91 Å². The molecular weight excluding hydrogens is 268 g/mol. The number of amides is 1. The number of carbonyl (C=O) groups excluding carboxylic acids is 1. The zero-order valence-electron chi connectivity index (χ0n) is 11.5. The fourth-order valence-corrected chi connectivity index (χ4v) is 2.04. The number of rotatable bonds is 4. The van der Waals surface area contributed by atoms with Gasteiger partial charge in [-0.3, -0.25) is 9.78 Å². The lowest BCUT2D eigenvalue weighted by Gasteiger charge is -2.03. The van der Waals surface area contributed by atoms with Crippen molar-refractivity contribution in [2.75, 3.05) is 19.0 Å². The van der Waals surface area contributed by atoms with Crippen molar-refractivity contribution in [3.05, 3.63) is 42.6 Å². The Balaban J connectivity index is 1.90. The third-order valence-electron chi connectivity index (χ3n) is 2.95. The van der Waals surface area contributed by atoms with E-state index in [9.17, 15) is 4.79 Å². The molecule has 2 aromatic heterocycles. The molecule has 3 rings (SSSR count). The smallest absolute Gasteiger partial charge is 0.250 e. The van der Waals surface area contributed by atoms with Crippen LogP contribution < -0.4 is 5.32 Å². The van der Waals surface area contributed by atoms with Gasteiger partial charge in [-0.2, -0.15) is 0 Å². The number of nitrogens with zero attached hydrogens (tertiary/aromatic N) is 2. The van der Waals surface area contributed by atoms with E-state index in [-0.39, 0.29) is 12.5 Å². The summed E-state index contributed by atoms with van der Waals surface area (Å²) in [7, 11) is 1.48. The predicted octanol–water partition coefficient (Wildman–Crippen LogP) is 2.21. The van der Waals surface area contributed by atoms with E-state index in [2.05, 4.69) is 20.3 Å². The number of hydrogen-bond acceptors (Lipinski definition) is 4. The van der Waals surface area contributed by atoms with Crippen molar-refractivity contribution in [2.45, 2.75) is 0 Å². The number of pyridine rings is 1. The predicted molar refractivity (Wildman–Crippen MR) is 79.8 cm³/mol. The largest absolute Gasteiger partial charge is 0.375 e. The van der Waals surface area contributed by atoms with Crippen molar-refractivity contribution in [3.8, 4) is 11.5 Å². The Hall–Kier alpha value is -2.73. The van der Waals surface area contributed by atoms with Crippen LogP contribution in [-0.4, -0.2) is 34.6 Å². The Bertz CT molecular complexity index is 768. The van der Waals surface area contributed by atoms with Crippen LogP contribution in [0.4, 0.5) is 5.69 Å². The van der Waals surface area contributed by atoms with Crippen LogP contribution in [-0.2, 0) is 9.53 Å².